The third kappa shape index (κ3) is 11.3. The van der Waals surface area contributed by atoms with E-state index < -0.39 is 5.60 Å². The molecule has 4 heteroatoms. The lowest BCUT2D eigenvalue weighted by atomic mass is 10.1. The van der Waals surface area contributed by atoms with Gasteiger partial charge in [0.25, 0.3) is 0 Å². The summed E-state index contributed by atoms with van der Waals surface area (Å²) in [6.07, 6.45) is 3.96. The summed E-state index contributed by atoms with van der Waals surface area (Å²) in [5.41, 5.74) is -0.467. The van der Waals surface area contributed by atoms with Crippen molar-refractivity contribution < 1.29 is 14.3 Å². The highest BCUT2D eigenvalue weighted by Crippen LogP contribution is 2.11. The Morgan fingerprint density at radius 1 is 1.10 bits per heavy atom. The second kappa shape index (κ2) is 9.80. The predicted octanol–water partition coefficient (Wildman–Crippen LogP) is 3.78. The number of carbonyl (C=O) groups is 2. The Bertz CT molecular complexity index is 318. The third-order valence-corrected chi connectivity index (χ3v) is 2.94. The van der Waals surface area contributed by atoms with Crippen LogP contribution in [0.15, 0.2) is 0 Å². The Balaban J connectivity index is 4.35. The van der Waals surface area contributed by atoms with Crippen molar-refractivity contribution in [3.05, 3.63) is 0 Å². The molecule has 0 saturated heterocycles. The molecule has 0 rings (SSSR count). The van der Waals surface area contributed by atoms with Gasteiger partial charge in [0.2, 0.25) is 5.91 Å². The lowest BCUT2D eigenvalue weighted by Gasteiger charge is -2.25. The number of nitrogens with zero attached hydrogens (tertiary/aromatic N) is 1. The average molecular weight is 299 g/mol. The van der Waals surface area contributed by atoms with E-state index in [1.807, 2.05) is 25.7 Å². The molecular formula is C17H33NO3. The Morgan fingerprint density at radius 2 is 1.71 bits per heavy atom. The number of hydrogen-bond acceptors (Lipinski definition) is 3. The van der Waals surface area contributed by atoms with Crippen LogP contribution in [0.3, 0.4) is 0 Å². The smallest absolute Gasteiger partial charge is 0.308 e. The molecule has 0 atom stereocenters. The highest BCUT2D eigenvalue weighted by atomic mass is 16.6. The molecule has 0 aliphatic rings. The highest BCUT2D eigenvalue weighted by molar-refractivity contribution is 5.77. The normalized spacial score (nSPS) is 11.6. The van der Waals surface area contributed by atoms with E-state index in [-0.39, 0.29) is 18.3 Å². The fraction of sp³-hybridized carbons (Fsp3) is 0.882. The lowest BCUT2D eigenvalue weighted by Crippen LogP contribution is -2.36. The van der Waals surface area contributed by atoms with Crippen LogP contribution in [0.25, 0.3) is 0 Å². The van der Waals surface area contributed by atoms with Gasteiger partial charge in [0.15, 0.2) is 0 Å². The number of ether oxygens (including phenoxy) is 1. The van der Waals surface area contributed by atoms with Crippen molar-refractivity contribution in [2.24, 2.45) is 5.92 Å². The van der Waals surface area contributed by atoms with Crippen molar-refractivity contribution in [2.75, 3.05) is 13.1 Å². The molecule has 0 aliphatic carbocycles. The van der Waals surface area contributed by atoms with Crippen LogP contribution < -0.4 is 0 Å². The van der Waals surface area contributed by atoms with E-state index in [1.165, 1.54) is 0 Å². The summed E-state index contributed by atoms with van der Waals surface area (Å²) in [7, 11) is 0. The molecule has 1 amide bonds. The number of amides is 1. The molecule has 0 unspecified atom stereocenters. The van der Waals surface area contributed by atoms with Crippen LogP contribution in [0.5, 0.6) is 0 Å². The van der Waals surface area contributed by atoms with E-state index in [0.29, 0.717) is 25.4 Å². The summed E-state index contributed by atoms with van der Waals surface area (Å²) < 4.78 is 5.29. The first kappa shape index (κ1) is 19.9. The first-order chi connectivity index (χ1) is 9.65. The standard InChI is InChI=1S/C17H33NO3/c1-7-8-9-10-15(19)18(13-14(2)3)12-11-16(20)21-17(4,5)6/h14H,7-13H2,1-6H3. The van der Waals surface area contributed by atoms with E-state index in [4.69, 9.17) is 4.74 Å². The number of esters is 1. The van der Waals surface area contributed by atoms with Crippen LogP contribution in [0.4, 0.5) is 0 Å². The molecule has 0 aromatic rings. The SMILES string of the molecule is CCCCCC(=O)N(CCC(=O)OC(C)(C)C)CC(C)C. The molecule has 0 aliphatic heterocycles. The zero-order valence-corrected chi connectivity index (χ0v) is 14.7. The molecule has 0 bridgehead atoms. The summed E-state index contributed by atoms with van der Waals surface area (Å²) >= 11 is 0. The number of hydrogen-bond donors (Lipinski definition) is 0. The lowest BCUT2D eigenvalue weighted by molar-refractivity contribution is -0.155. The maximum Gasteiger partial charge on any atom is 0.308 e. The van der Waals surface area contributed by atoms with Crippen LogP contribution in [-0.4, -0.2) is 35.5 Å². The Morgan fingerprint density at radius 3 is 2.19 bits per heavy atom. The molecule has 0 heterocycles. The van der Waals surface area contributed by atoms with E-state index in [0.717, 1.165) is 19.3 Å². The first-order valence-electron chi connectivity index (χ1n) is 8.15. The van der Waals surface area contributed by atoms with Gasteiger partial charge in [0.05, 0.1) is 6.42 Å². The van der Waals surface area contributed by atoms with Gasteiger partial charge >= 0.3 is 5.97 Å². The van der Waals surface area contributed by atoms with Gasteiger partial charge in [-0.1, -0.05) is 33.6 Å². The molecule has 0 aromatic heterocycles. The topological polar surface area (TPSA) is 46.6 Å². The molecule has 0 aromatic carbocycles. The van der Waals surface area contributed by atoms with Gasteiger partial charge in [-0.25, -0.2) is 0 Å². The van der Waals surface area contributed by atoms with Gasteiger partial charge in [-0.15, -0.1) is 0 Å². The summed E-state index contributed by atoms with van der Waals surface area (Å²) in [5, 5.41) is 0. The molecule has 0 saturated carbocycles. The fourth-order valence-electron chi connectivity index (χ4n) is 2.06. The molecule has 0 fully saturated rings. The highest BCUT2D eigenvalue weighted by Gasteiger charge is 2.19. The van der Waals surface area contributed by atoms with E-state index >= 15 is 0 Å². The minimum absolute atomic E-state index is 0.153. The molecular weight excluding hydrogens is 266 g/mol. The quantitative estimate of drug-likeness (QED) is 0.481. The van der Waals surface area contributed by atoms with Crippen molar-refractivity contribution in [3.8, 4) is 0 Å². The van der Waals surface area contributed by atoms with Gasteiger partial charge in [-0.05, 0) is 33.1 Å². The second-order valence-corrected chi connectivity index (χ2v) is 7.03. The van der Waals surface area contributed by atoms with Gasteiger partial charge in [-0.2, -0.15) is 0 Å². The van der Waals surface area contributed by atoms with Crippen molar-refractivity contribution in [1.29, 1.82) is 0 Å². The van der Waals surface area contributed by atoms with Gasteiger partial charge < -0.3 is 9.64 Å². The molecule has 0 spiro atoms. The number of rotatable bonds is 9. The summed E-state index contributed by atoms with van der Waals surface area (Å²) in [6, 6.07) is 0. The summed E-state index contributed by atoms with van der Waals surface area (Å²) in [4.78, 5) is 25.8. The average Bonchev–Trinajstić information content (AvgIpc) is 2.32. The van der Waals surface area contributed by atoms with E-state index in [9.17, 15) is 9.59 Å². The molecule has 0 N–H and O–H groups in total. The maximum absolute atomic E-state index is 12.2. The predicted molar refractivity (Wildman–Crippen MR) is 86.0 cm³/mol. The molecule has 124 valence electrons. The van der Waals surface area contributed by atoms with Crippen molar-refractivity contribution in [3.63, 3.8) is 0 Å². The van der Waals surface area contributed by atoms with Gasteiger partial charge in [0, 0.05) is 19.5 Å². The van der Waals surface area contributed by atoms with Crippen LogP contribution in [0.1, 0.15) is 73.6 Å². The Kier molecular flexibility index (Phi) is 9.31. The fourth-order valence-corrected chi connectivity index (χ4v) is 2.06. The third-order valence-electron chi connectivity index (χ3n) is 2.94. The monoisotopic (exact) mass is 299 g/mol. The van der Waals surface area contributed by atoms with Crippen molar-refractivity contribution in [2.45, 2.75) is 79.2 Å². The van der Waals surface area contributed by atoms with E-state index in [1.54, 1.807) is 0 Å². The summed E-state index contributed by atoms with van der Waals surface area (Å²) in [6.45, 7) is 13.0. The Hall–Kier alpha value is -1.06. The Labute approximate surface area is 130 Å². The van der Waals surface area contributed by atoms with Gasteiger partial charge in [0.1, 0.15) is 5.60 Å². The minimum atomic E-state index is -0.467. The van der Waals surface area contributed by atoms with Crippen LogP contribution in [-0.2, 0) is 14.3 Å². The van der Waals surface area contributed by atoms with Crippen molar-refractivity contribution in [1.82, 2.24) is 4.90 Å². The van der Waals surface area contributed by atoms with Crippen LogP contribution in [0, 0.1) is 5.92 Å². The van der Waals surface area contributed by atoms with Crippen LogP contribution >= 0.6 is 0 Å². The zero-order chi connectivity index (χ0) is 16.5. The van der Waals surface area contributed by atoms with Crippen molar-refractivity contribution >= 4 is 11.9 Å². The molecule has 0 radical (unpaired) electrons. The molecule has 21 heavy (non-hydrogen) atoms. The zero-order valence-electron chi connectivity index (χ0n) is 14.7. The maximum atomic E-state index is 12.2. The molecule has 4 nitrogen and oxygen atoms in total. The second-order valence-electron chi connectivity index (χ2n) is 7.03. The van der Waals surface area contributed by atoms with Crippen LogP contribution in [0.2, 0.25) is 0 Å². The van der Waals surface area contributed by atoms with Gasteiger partial charge in [-0.3, -0.25) is 9.59 Å². The number of carbonyl (C=O) groups excluding carboxylic acids is 2. The summed E-state index contributed by atoms with van der Waals surface area (Å²) in [5.74, 6) is 0.317. The number of unbranched alkanes of at least 4 members (excludes halogenated alkanes) is 2. The van der Waals surface area contributed by atoms with E-state index in [2.05, 4.69) is 20.8 Å². The first-order valence-corrected chi connectivity index (χ1v) is 8.15. The largest absolute Gasteiger partial charge is 0.460 e. The minimum Gasteiger partial charge on any atom is -0.460 e.